The van der Waals surface area contributed by atoms with Gasteiger partial charge in [0.05, 0.1) is 6.10 Å². The van der Waals surface area contributed by atoms with Crippen LogP contribution in [-0.4, -0.2) is 50.6 Å². The van der Waals surface area contributed by atoms with E-state index in [-0.39, 0.29) is 5.30 Å². The second-order valence-electron chi connectivity index (χ2n) is 9.12. The molecule has 24 heavy (non-hydrogen) atoms. The van der Waals surface area contributed by atoms with E-state index in [0.29, 0.717) is 17.4 Å². The number of hydrogen-bond donors (Lipinski definition) is 0. The zero-order valence-electron chi connectivity index (χ0n) is 16.0. The van der Waals surface area contributed by atoms with Gasteiger partial charge < -0.3 is 4.74 Å². The van der Waals surface area contributed by atoms with Crippen molar-refractivity contribution in [2.24, 2.45) is 11.3 Å². The Bertz CT molecular complexity index is 680. The molecular formula is C17H26B5BrO. The zero-order valence-corrected chi connectivity index (χ0v) is 17.6. The first kappa shape index (κ1) is 18.5. The van der Waals surface area contributed by atoms with Crippen molar-refractivity contribution in [2.45, 2.75) is 44.0 Å². The molecule has 0 saturated heterocycles. The van der Waals surface area contributed by atoms with Crippen LogP contribution in [0.4, 0.5) is 0 Å². The van der Waals surface area contributed by atoms with E-state index in [0.717, 1.165) is 0 Å². The third kappa shape index (κ3) is 3.49. The van der Waals surface area contributed by atoms with Gasteiger partial charge in [-0.1, -0.05) is 34.5 Å². The van der Waals surface area contributed by atoms with E-state index in [9.17, 15) is 0 Å². The van der Waals surface area contributed by atoms with Crippen molar-refractivity contribution in [1.82, 2.24) is 0 Å². The maximum Gasteiger partial charge on any atom is 0.122 e. The third-order valence-corrected chi connectivity index (χ3v) is 6.15. The molecule has 0 aromatic heterocycles. The highest BCUT2D eigenvalue weighted by molar-refractivity contribution is 9.10. The SMILES string of the molecule is BC(B)=C1c2cc(Br)ccc2C[C@@]12CC[C@H](OC(B)(B)B)[C@@H](C)C2. The van der Waals surface area contributed by atoms with Crippen LogP contribution >= 0.6 is 15.9 Å². The van der Waals surface area contributed by atoms with E-state index in [1.165, 1.54) is 46.7 Å². The summed E-state index contributed by atoms with van der Waals surface area (Å²) < 4.78 is 7.55. The van der Waals surface area contributed by atoms with Crippen LogP contribution in [-0.2, 0) is 11.2 Å². The molecule has 1 aromatic carbocycles. The van der Waals surface area contributed by atoms with Gasteiger partial charge in [0, 0.05) is 4.47 Å². The van der Waals surface area contributed by atoms with Gasteiger partial charge in [-0.2, -0.15) is 0 Å². The summed E-state index contributed by atoms with van der Waals surface area (Å²) in [5.74, 6) is 0.602. The Kier molecular flexibility index (Phi) is 4.99. The molecule has 7 heteroatoms. The maximum atomic E-state index is 6.36. The summed E-state index contributed by atoms with van der Waals surface area (Å²) in [6.45, 7) is 2.39. The molecule has 0 bridgehead atoms. The van der Waals surface area contributed by atoms with Crippen molar-refractivity contribution >= 4 is 60.7 Å². The van der Waals surface area contributed by atoms with Crippen LogP contribution in [0.5, 0.6) is 0 Å². The first-order valence-electron chi connectivity index (χ1n) is 9.26. The molecule has 3 rings (SSSR count). The molecule has 1 spiro atoms. The fraction of sp³-hybridized carbons (Fsp3) is 0.529. The highest BCUT2D eigenvalue weighted by Gasteiger charge is 2.47. The van der Waals surface area contributed by atoms with Crippen molar-refractivity contribution in [2.75, 3.05) is 0 Å². The van der Waals surface area contributed by atoms with Crippen molar-refractivity contribution in [3.63, 3.8) is 0 Å². The Hall–Kier alpha value is -0.275. The molecule has 1 nitrogen and oxygen atoms in total. The molecule has 0 aliphatic heterocycles. The smallest absolute Gasteiger partial charge is 0.122 e. The number of hydrogen-bond acceptors (Lipinski definition) is 1. The molecule has 0 unspecified atom stereocenters. The molecule has 0 amide bonds. The lowest BCUT2D eigenvalue weighted by Crippen LogP contribution is -2.45. The van der Waals surface area contributed by atoms with Crippen LogP contribution in [0.2, 0.25) is 0 Å². The second-order valence-corrected chi connectivity index (χ2v) is 10.0. The van der Waals surface area contributed by atoms with Gasteiger partial charge in [-0.3, -0.25) is 0 Å². The van der Waals surface area contributed by atoms with E-state index in [4.69, 9.17) is 4.74 Å². The lowest BCUT2D eigenvalue weighted by molar-refractivity contribution is -0.0321. The second kappa shape index (κ2) is 6.47. The van der Waals surface area contributed by atoms with E-state index < -0.39 is 0 Å². The third-order valence-electron chi connectivity index (χ3n) is 5.66. The molecular weight excluding hydrogens is 354 g/mol. The van der Waals surface area contributed by atoms with Crippen molar-refractivity contribution < 1.29 is 4.74 Å². The van der Waals surface area contributed by atoms with Gasteiger partial charge in [0.2, 0.25) is 0 Å². The Morgan fingerprint density at radius 2 is 2.00 bits per heavy atom. The fourth-order valence-electron chi connectivity index (χ4n) is 5.04. The van der Waals surface area contributed by atoms with Gasteiger partial charge in [0.25, 0.3) is 0 Å². The van der Waals surface area contributed by atoms with Gasteiger partial charge >= 0.3 is 0 Å². The molecule has 1 fully saturated rings. The van der Waals surface area contributed by atoms with Gasteiger partial charge in [-0.05, 0) is 65.6 Å². The minimum atomic E-state index is -0.0493. The number of rotatable bonds is 2. The van der Waals surface area contributed by atoms with Crippen LogP contribution < -0.4 is 0 Å². The molecule has 1 saturated carbocycles. The molecule has 2 aliphatic carbocycles. The number of allylic oxidation sites excluding steroid dienone is 1. The number of halogens is 1. The Morgan fingerprint density at radius 1 is 1.29 bits per heavy atom. The standard InChI is InChI=1S/C17H26B5BrO/c1-9-7-16(5-4-13(9)24-17(20,21)22)8-10-2-3-11(23)6-12(10)14(16)15(18)19/h2-3,6,9,13H,4-5,7-8,18-22H2,1H3/t9-,13-,16-/m0/s1. The van der Waals surface area contributed by atoms with Crippen LogP contribution in [0.1, 0.15) is 37.3 Å². The first-order chi connectivity index (χ1) is 11.1. The monoisotopic (exact) mass is 380 g/mol. The number of ether oxygens (including phenoxy) is 1. The van der Waals surface area contributed by atoms with Gasteiger partial charge in [0.15, 0.2) is 0 Å². The van der Waals surface area contributed by atoms with Crippen LogP contribution in [0, 0.1) is 11.3 Å². The zero-order chi connectivity index (χ0) is 17.7. The average Bonchev–Trinajstić information content (AvgIpc) is 2.73. The van der Waals surface area contributed by atoms with Crippen molar-refractivity contribution in [1.29, 1.82) is 0 Å². The van der Waals surface area contributed by atoms with Crippen LogP contribution in [0.25, 0.3) is 5.57 Å². The minimum absolute atomic E-state index is 0.0493. The molecule has 2 aliphatic rings. The summed E-state index contributed by atoms with van der Waals surface area (Å²) in [7, 11) is 11.1. The lowest BCUT2D eigenvalue weighted by atomic mass is 9.52. The molecule has 0 heterocycles. The van der Waals surface area contributed by atoms with Gasteiger partial charge in [0.1, 0.15) is 39.2 Å². The predicted octanol–water partition coefficient (Wildman–Crippen LogP) is -0.358. The predicted molar refractivity (Wildman–Crippen MR) is 121 cm³/mol. The first-order valence-corrected chi connectivity index (χ1v) is 10.1. The molecule has 0 radical (unpaired) electrons. The van der Waals surface area contributed by atoms with E-state index in [1.807, 2.05) is 0 Å². The summed E-state index contributed by atoms with van der Waals surface area (Å²) in [5.41, 5.74) is 4.93. The summed E-state index contributed by atoms with van der Waals surface area (Å²) in [6.07, 6.45) is 5.24. The van der Waals surface area contributed by atoms with Gasteiger partial charge in [-0.15, -0.1) is 5.37 Å². The Labute approximate surface area is 159 Å². The summed E-state index contributed by atoms with van der Waals surface area (Å²) in [6, 6.07) is 6.84. The quantitative estimate of drug-likeness (QED) is 0.637. The van der Waals surface area contributed by atoms with Crippen LogP contribution in [0.15, 0.2) is 28.0 Å². The maximum absolute atomic E-state index is 6.36. The normalized spacial score (nSPS) is 29.7. The number of fused-ring (bicyclic) bond motifs is 1. The van der Waals surface area contributed by atoms with Gasteiger partial charge in [-0.25, -0.2) is 0 Å². The van der Waals surface area contributed by atoms with E-state index in [2.05, 4.69) is 80.3 Å². The average molecular weight is 380 g/mol. The Balaban J connectivity index is 1.91. The minimum Gasteiger partial charge on any atom is -0.397 e. The lowest BCUT2D eigenvalue weighted by Gasteiger charge is -2.45. The largest absolute Gasteiger partial charge is 0.397 e. The van der Waals surface area contributed by atoms with Crippen LogP contribution in [0.3, 0.4) is 0 Å². The fourth-order valence-corrected chi connectivity index (χ4v) is 5.40. The molecule has 3 atom stereocenters. The summed E-state index contributed by atoms with van der Waals surface area (Å²) in [5, 5.41) is 1.43. The molecule has 122 valence electrons. The topological polar surface area (TPSA) is 9.23 Å². The van der Waals surface area contributed by atoms with E-state index >= 15 is 0 Å². The number of benzene rings is 1. The Morgan fingerprint density at radius 3 is 2.58 bits per heavy atom. The highest BCUT2D eigenvalue weighted by atomic mass is 79.9. The summed E-state index contributed by atoms with van der Waals surface area (Å²) >= 11 is 3.67. The molecule has 0 N–H and O–H groups in total. The van der Waals surface area contributed by atoms with Crippen molar-refractivity contribution in [3.05, 3.63) is 39.2 Å². The highest BCUT2D eigenvalue weighted by Crippen LogP contribution is 2.57. The molecule has 1 aromatic rings. The van der Waals surface area contributed by atoms with E-state index in [1.54, 1.807) is 5.57 Å². The van der Waals surface area contributed by atoms with Crippen molar-refractivity contribution in [3.8, 4) is 0 Å². The summed E-state index contributed by atoms with van der Waals surface area (Å²) in [4.78, 5) is 0.